The van der Waals surface area contributed by atoms with Crippen LogP contribution in [0.5, 0.6) is 0 Å². The zero-order chi connectivity index (χ0) is 45.2. The molecule has 4 aliphatic rings. The van der Waals surface area contributed by atoms with E-state index in [0.717, 1.165) is 12.1 Å². The van der Waals surface area contributed by atoms with Gasteiger partial charge in [0.15, 0.2) is 21.3 Å². The minimum absolute atomic E-state index is 0.00820. The quantitative estimate of drug-likeness (QED) is 0.0997. The Hall–Kier alpha value is -5.49. The van der Waals surface area contributed by atoms with Crippen LogP contribution in [-0.2, 0) is 56.8 Å². The molecule has 5 aromatic rings. The molecule has 0 aliphatic heterocycles. The first kappa shape index (κ1) is 42.8. The molecule has 3 saturated carbocycles. The van der Waals surface area contributed by atoms with E-state index in [2.05, 4.69) is 32.1 Å². The van der Waals surface area contributed by atoms with Gasteiger partial charge in [-0.25, -0.2) is 30.6 Å². The van der Waals surface area contributed by atoms with E-state index >= 15 is 8.78 Å². The SMILES string of the molecule is Cn1nc(NS(=O)(=O)C2CC2)c2cccc(-c3ccc(C#CC(C)(C)S(=O)(=O)C4CC4)nc3[C@H](Cc3cc(F)cc(F)c3)NC(=O)Cn3nc(C(F)(F)F)c4c3C(F)(F)[C@@H]3C[C@H]43)c21. The number of sulfone groups is 1. The second-order valence-corrected chi connectivity index (χ2v) is 21.8. The van der Waals surface area contributed by atoms with Crippen molar-refractivity contribution >= 4 is 42.5 Å². The molecule has 9 rings (SSSR count). The third kappa shape index (κ3) is 7.72. The minimum atomic E-state index is -5.10. The summed E-state index contributed by atoms with van der Waals surface area (Å²) in [6.07, 6.45) is -3.73. The van der Waals surface area contributed by atoms with Gasteiger partial charge in [0, 0.05) is 41.1 Å². The second kappa shape index (κ2) is 14.5. The van der Waals surface area contributed by atoms with Crippen molar-refractivity contribution < 1.29 is 52.4 Å². The highest BCUT2D eigenvalue weighted by atomic mass is 32.2. The Morgan fingerprint density at radius 3 is 2.29 bits per heavy atom. The highest BCUT2D eigenvalue weighted by Gasteiger charge is 2.68. The summed E-state index contributed by atoms with van der Waals surface area (Å²) < 4.78 is 158. The van der Waals surface area contributed by atoms with Crippen molar-refractivity contribution in [3.05, 3.63) is 94.1 Å². The number of benzene rings is 2. The third-order valence-electron chi connectivity index (χ3n) is 12.0. The number of rotatable bonds is 12. The van der Waals surface area contributed by atoms with Gasteiger partial charge in [0.1, 0.15) is 34.3 Å². The molecular weight excluding hydrogens is 880 g/mol. The highest BCUT2D eigenvalue weighted by molar-refractivity contribution is 7.94. The standard InChI is InChI=1S/C42H38F7N7O5S2/c1-40(2,62(58,59)25-8-9-25)14-13-24-7-12-27(28-5-4-6-29-36(28)55(3)53-39(29)54-63(60,61)26-10-11-26)35(50-24)32(17-21-15-22(43)18-23(44)16-21)51-33(57)20-56-38-34(37(52-56)42(47,48)49)30-19-31(30)41(38,45)46/h4-7,12,15-16,18,25-26,30-32H,8-11,17,19-20H2,1-3H3,(H,51,57)(H,53,54)/t30-,31+,32-/m0/s1. The van der Waals surface area contributed by atoms with Crippen molar-refractivity contribution in [3.63, 3.8) is 0 Å². The molecule has 3 fully saturated rings. The summed E-state index contributed by atoms with van der Waals surface area (Å²) in [6.45, 7) is 1.79. The van der Waals surface area contributed by atoms with Gasteiger partial charge in [0.2, 0.25) is 15.9 Å². The van der Waals surface area contributed by atoms with Crippen LogP contribution in [0.25, 0.3) is 22.0 Å². The monoisotopic (exact) mass is 917 g/mol. The molecular formula is C42H38F7N7O5S2. The van der Waals surface area contributed by atoms with Gasteiger partial charge in [0.05, 0.1) is 27.8 Å². The molecule has 4 aliphatic carbocycles. The zero-order valence-electron chi connectivity index (χ0n) is 33.7. The number of alkyl halides is 5. The molecule has 0 saturated heterocycles. The maximum Gasteiger partial charge on any atom is 0.435 e. The number of aryl methyl sites for hydroxylation is 1. The fourth-order valence-corrected chi connectivity index (χ4v) is 11.6. The van der Waals surface area contributed by atoms with Gasteiger partial charge in [-0.1, -0.05) is 18.1 Å². The molecule has 1 amide bonds. The van der Waals surface area contributed by atoms with E-state index < -0.39 is 113 Å². The fraction of sp³-hybridized carbons (Fsp3) is 0.429. The normalized spacial score (nSPS) is 19.8. The summed E-state index contributed by atoms with van der Waals surface area (Å²) in [5.41, 5.74) is -2.25. The van der Waals surface area contributed by atoms with E-state index in [4.69, 9.17) is 4.98 Å². The Bertz CT molecular complexity index is 3020. The number of pyridine rings is 1. The Morgan fingerprint density at radius 2 is 1.63 bits per heavy atom. The molecule has 0 bridgehead atoms. The number of nitrogens with one attached hydrogen (secondary N) is 2. The number of carbonyl (C=O) groups excluding carboxylic acids is 1. The number of amides is 1. The zero-order valence-corrected chi connectivity index (χ0v) is 35.3. The Morgan fingerprint density at radius 1 is 0.952 bits per heavy atom. The number of sulfonamides is 1. The van der Waals surface area contributed by atoms with Crippen LogP contribution in [0.4, 0.5) is 36.6 Å². The first-order valence-corrected chi connectivity index (χ1v) is 23.1. The van der Waals surface area contributed by atoms with Gasteiger partial charge in [-0.05, 0) is 100 Å². The van der Waals surface area contributed by atoms with E-state index in [1.807, 2.05) is 0 Å². The molecule has 0 radical (unpaired) electrons. The van der Waals surface area contributed by atoms with Gasteiger partial charge >= 0.3 is 6.18 Å². The average Bonchev–Trinajstić information content (AvgIpc) is 4.07. The number of fused-ring (bicyclic) bond motifs is 4. The Labute approximate surface area is 356 Å². The van der Waals surface area contributed by atoms with Gasteiger partial charge in [0.25, 0.3) is 5.92 Å². The number of halogens is 7. The molecule has 3 aromatic heterocycles. The van der Waals surface area contributed by atoms with Crippen LogP contribution in [0.1, 0.15) is 91.8 Å². The summed E-state index contributed by atoms with van der Waals surface area (Å²) in [5.74, 6) is -3.58. The first-order valence-electron chi connectivity index (χ1n) is 20.0. The molecule has 21 heteroatoms. The maximum absolute atomic E-state index is 15.5. The summed E-state index contributed by atoms with van der Waals surface area (Å²) >= 11 is 0. The molecule has 0 unspecified atom stereocenters. The number of hydrogen-bond acceptors (Lipinski definition) is 8. The van der Waals surface area contributed by atoms with Crippen LogP contribution in [-0.4, -0.2) is 62.5 Å². The Kier molecular flexibility index (Phi) is 9.86. The number of aromatic nitrogens is 5. The summed E-state index contributed by atoms with van der Waals surface area (Å²) in [4.78, 5) is 18.8. The molecule has 332 valence electrons. The lowest BCUT2D eigenvalue weighted by molar-refractivity contribution is -0.142. The Balaban J connectivity index is 1.18. The van der Waals surface area contributed by atoms with E-state index in [0.29, 0.717) is 52.9 Å². The van der Waals surface area contributed by atoms with E-state index in [1.165, 1.54) is 24.6 Å². The van der Waals surface area contributed by atoms with Crippen LogP contribution in [0.2, 0.25) is 0 Å². The summed E-state index contributed by atoms with van der Waals surface area (Å²) in [5, 5.41) is 9.77. The maximum atomic E-state index is 15.5. The lowest BCUT2D eigenvalue weighted by Crippen LogP contribution is -2.35. The van der Waals surface area contributed by atoms with Gasteiger partial charge in [-0.15, -0.1) is 0 Å². The fourth-order valence-electron chi connectivity index (χ4n) is 8.49. The molecule has 3 atom stereocenters. The summed E-state index contributed by atoms with van der Waals surface area (Å²) in [6, 6.07) is 9.05. The van der Waals surface area contributed by atoms with Crippen molar-refractivity contribution in [2.75, 3.05) is 4.72 Å². The first-order chi connectivity index (χ1) is 29.5. The van der Waals surface area contributed by atoms with Crippen molar-refractivity contribution in [1.29, 1.82) is 0 Å². The number of para-hydroxylation sites is 1. The second-order valence-electron chi connectivity index (χ2n) is 17.1. The average molecular weight is 918 g/mol. The van der Waals surface area contributed by atoms with Crippen molar-refractivity contribution in [3.8, 4) is 23.0 Å². The summed E-state index contributed by atoms with van der Waals surface area (Å²) in [7, 11) is -5.91. The van der Waals surface area contributed by atoms with E-state index in [9.17, 15) is 43.6 Å². The van der Waals surface area contributed by atoms with E-state index in [1.54, 1.807) is 31.3 Å². The molecule has 2 N–H and O–H groups in total. The number of nitrogens with zero attached hydrogens (tertiary/aromatic N) is 5. The van der Waals surface area contributed by atoms with Crippen LogP contribution in [0.15, 0.2) is 48.5 Å². The van der Waals surface area contributed by atoms with Crippen LogP contribution < -0.4 is 10.0 Å². The van der Waals surface area contributed by atoms with E-state index in [-0.39, 0.29) is 34.8 Å². The molecule has 3 heterocycles. The van der Waals surface area contributed by atoms with Crippen molar-refractivity contribution in [2.24, 2.45) is 13.0 Å². The lowest BCUT2D eigenvalue weighted by atomic mass is 9.93. The molecule has 12 nitrogen and oxygen atoms in total. The molecule has 63 heavy (non-hydrogen) atoms. The number of hydrogen-bond donors (Lipinski definition) is 2. The van der Waals surface area contributed by atoms with Crippen molar-refractivity contribution in [1.82, 2.24) is 29.9 Å². The predicted molar refractivity (Wildman–Crippen MR) is 215 cm³/mol. The predicted octanol–water partition coefficient (Wildman–Crippen LogP) is 7.05. The van der Waals surface area contributed by atoms with Gasteiger partial charge < -0.3 is 5.32 Å². The third-order valence-corrected chi connectivity index (χ3v) is 16.7. The van der Waals surface area contributed by atoms with Crippen LogP contribution >= 0.6 is 0 Å². The number of anilines is 1. The van der Waals surface area contributed by atoms with Crippen molar-refractivity contribution in [2.45, 2.75) is 98.2 Å². The topological polar surface area (TPSA) is 158 Å². The minimum Gasteiger partial charge on any atom is -0.346 e. The largest absolute Gasteiger partial charge is 0.435 e. The highest BCUT2D eigenvalue weighted by Crippen LogP contribution is 2.68. The van der Waals surface area contributed by atoms with Crippen LogP contribution in [0, 0.1) is 29.4 Å². The van der Waals surface area contributed by atoms with Gasteiger partial charge in [-0.3, -0.25) is 18.9 Å². The van der Waals surface area contributed by atoms with Gasteiger partial charge in [-0.2, -0.15) is 32.1 Å². The molecule has 0 spiro atoms. The lowest BCUT2D eigenvalue weighted by Gasteiger charge is -2.23. The number of carbonyl (C=O) groups is 1. The van der Waals surface area contributed by atoms with Crippen LogP contribution in [0.3, 0.4) is 0 Å². The smallest absolute Gasteiger partial charge is 0.346 e. The molecule has 2 aromatic carbocycles.